The topological polar surface area (TPSA) is 43.1 Å². The highest BCUT2D eigenvalue weighted by Crippen LogP contribution is 2.41. The minimum atomic E-state index is 0.231. The number of benzene rings is 1. The van der Waals surface area contributed by atoms with Gasteiger partial charge in [-0.25, -0.2) is 0 Å². The minimum Gasteiger partial charge on any atom is -0.399 e. The van der Waals surface area contributed by atoms with Crippen LogP contribution < -0.4 is 5.73 Å². The molecule has 0 spiro atoms. The molecule has 0 aliphatic heterocycles. The predicted octanol–water partition coefficient (Wildman–Crippen LogP) is 2.87. The van der Waals surface area contributed by atoms with Crippen molar-refractivity contribution in [3.05, 3.63) is 28.2 Å². The molecule has 2 N–H and O–H groups in total. The van der Waals surface area contributed by atoms with Gasteiger partial charge in [-0.3, -0.25) is 4.79 Å². The van der Waals surface area contributed by atoms with Crippen molar-refractivity contribution in [1.29, 1.82) is 0 Å². The first-order valence-corrected chi connectivity index (χ1v) is 5.48. The highest BCUT2D eigenvalue weighted by Gasteiger charge is 2.39. The summed E-state index contributed by atoms with van der Waals surface area (Å²) in [7, 11) is 0. The summed E-state index contributed by atoms with van der Waals surface area (Å²) in [5, 5.41) is 0. The molecule has 2 rings (SSSR count). The van der Waals surface area contributed by atoms with Crippen molar-refractivity contribution in [2.45, 2.75) is 13.3 Å². The number of rotatable bonds is 2. The Bertz CT molecular complexity index is 389. The van der Waals surface area contributed by atoms with Crippen molar-refractivity contribution in [1.82, 2.24) is 0 Å². The molecule has 14 heavy (non-hydrogen) atoms. The molecule has 2 unspecified atom stereocenters. The lowest BCUT2D eigenvalue weighted by Crippen LogP contribution is -2.04. The summed E-state index contributed by atoms with van der Waals surface area (Å²) >= 11 is 3.36. The van der Waals surface area contributed by atoms with Gasteiger partial charge in [0.15, 0.2) is 5.78 Å². The maximum Gasteiger partial charge on any atom is 0.167 e. The molecule has 2 nitrogen and oxygen atoms in total. The van der Waals surface area contributed by atoms with Gasteiger partial charge in [-0.2, -0.15) is 0 Å². The van der Waals surface area contributed by atoms with Crippen LogP contribution in [0.2, 0.25) is 0 Å². The first-order chi connectivity index (χ1) is 6.59. The molecule has 1 aliphatic rings. The average molecular weight is 254 g/mol. The van der Waals surface area contributed by atoms with Gasteiger partial charge in [0.05, 0.1) is 0 Å². The monoisotopic (exact) mass is 253 g/mol. The van der Waals surface area contributed by atoms with Gasteiger partial charge in [0, 0.05) is 21.6 Å². The number of carbonyl (C=O) groups excluding carboxylic acids is 1. The number of carbonyl (C=O) groups is 1. The largest absolute Gasteiger partial charge is 0.399 e. The smallest absolute Gasteiger partial charge is 0.167 e. The van der Waals surface area contributed by atoms with E-state index in [0.29, 0.717) is 11.6 Å². The van der Waals surface area contributed by atoms with Gasteiger partial charge in [0.2, 0.25) is 0 Å². The lowest BCUT2D eigenvalue weighted by Gasteiger charge is -2.03. The molecule has 2 atom stereocenters. The standard InChI is InChI=1S/C11H12BrNO/c1-6-4-9(6)11(14)8-3-2-7(13)5-10(8)12/h2-3,5-6,9H,4,13H2,1H3. The zero-order chi connectivity index (χ0) is 10.3. The Balaban J connectivity index is 2.28. The molecular weight excluding hydrogens is 242 g/mol. The number of halogens is 1. The third-order valence-electron chi connectivity index (χ3n) is 2.70. The Hall–Kier alpha value is -0.830. The summed E-state index contributed by atoms with van der Waals surface area (Å²) in [5.41, 5.74) is 7.04. The SMILES string of the molecule is CC1CC1C(=O)c1ccc(N)cc1Br. The number of ketones is 1. The van der Waals surface area contributed by atoms with E-state index in [1.807, 2.05) is 0 Å². The van der Waals surface area contributed by atoms with Crippen LogP contribution in [0.5, 0.6) is 0 Å². The minimum absolute atomic E-state index is 0.231. The molecular formula is C11H12BrNO. The van der Waals surface area contributed by atoms with Crippen LogP contribution in [-0.2, 0) is 0 Å². The fraction of sp³-hybridized carbons (Fsp3) is 0.364. The number of nitrogen functional groups attached to an aromatic ring is 1. The summed E-state index contributed by atoms with van der Waals surface area (Å²) in [4.78, 5) is 11.9. The van der Waals surface area contributed by atoms with E-state index in [9.17, 15) is 4.79 Å². The van der Waals surface area contributed by atoms with Crippen molar-refractivity contribution in [2.75, 3.05) is 5.73 Å². The average Bonchev–Trinajstić information content (AvgIpc) is 2.81. The molecule has 1 aromatic rings. The van der Waals surface area contributed by atoms with E-state index < -0.39 is 0 Å². The van der Waals surface area contributed by atoms with Gasteiger partial charge in [-0.15, -0.1) is 0 Å². The molecule has 0 radical (unpaired) electrons. The first-order valence-electron chi connectivity index (χ1n) is 4.69. The molecule has 0 saturated heterocycles. The Labute approximate surface area is 91.6 Å². The molecule has 1 aromatic carbocycles. The summed E-state index contributed by atoms with van der Waals surface area (Å²) in [5.74, 6) is 1.02. The molecule has 1 saturated carbocycles. The first kappa shape index (κ1) is 9.71. The molecule has 1 aliphatic carbocycles. The summed E-state index contributed by atoms with van der Waals surface area (Å²) in [6, 6.07) is 5.35. The second-order valence-electron chi connectivity index (χ2n) is 3.92. The lowest BCUT2D eigenvalue weighted by atomic mass is 10.1. The van der Waals surface area contributed by atoms with Crippen LogP contribution in [0.4, 0.5) is 5.69 Å². The third kappa shape index (κ3) is 1.69. The maximum atomic E-state index is 11.9. The summed E-state index contributed by atoms with van der Waals surface area (Å²) in [6.07, 6.45) is 1.02. The van der Waals surface area contributed by atoms with Gasteiger partial charge >= 0.3 is 0 Å². The normalized spacial score (nSPS) is 24.7. The van der Waals surface area contributed by atoms with Crippen molar-refractivity contribution in [2.24, 2.45) is 11.8 Å². The fourth-order valence-corrected chi connectivity index (χ4v) is 2.21. The number of anilines is 1. The second kappa shape index (κ2) is 3.39. The van der Waals surface area contributed by atoms with E-state index in [0.717, 1.165) is 16.5 Å². The summed E-state index contributed by atoms with van der Waals surface area (Å²) in [6.45, 7) is 2.10. The van der Waals surface area contributed by atoms with Crippen LogP contribution in [-0.4, -0.2) is 5.78 Å². The second-order valence-corrected chi connectivity index (χ2v) is 4.78. The Morgan fingerprint density at radius 1 is 1.57 bits per heavy atom. The van der Waals surface area contributed by atoms with Crippen LogP contribution in [0.15, 0.2) is 22.7 Å². The molecule has 3 heteroatoms. The zero-order valence-corrected chi connectivity index (χ0v) is 9.54. The van der Waals surface area contributed by atoms with Crippen LogP contribution in [0, 0.1) is 11.8 Å². The maximum absolute atomic E-state index is 11.9. The highest BCUT2D eigenvalue weighted by atomic mass is 79.9. The number of Topliss-reactive ketones (excluding diaryl/α,β-unsaturated/α-hetero) is 1. The van der Waals surface area contributed by atoms with Crippen molar-refractivity contribution < 1.29 is 4.79 Å². The van der Waals surface area contributed by atoms with Gasteiger partial charge in [0.1, 0.15) is 0 Å². The van der Waals surface area contributed by atoms with E-state index in [4.69, 9.17) is 5.73 Å². The molecule has 1 fully saturated rings. The molecule has 0 aromatic heterocycles. The van der Waals surface area contributed by atoms with Gasteiger partial charge < -0.3 is 5.73 Å². The van der Waals surface area contributed by atoms with Crippen LogP contribution >= 0.6 is 15.9 Å². The molecule has 0 bridgehead atoms. The van der Waals surface area contributed by atoms with Crippen LogP contribution in [0.25, 0.3) is 0 Å². The van der Waals surface area contributed by atoms with Gasteiger partial charge in [-0.05, 0) is 46.5 Å². The number of nitrogens with two attached hydrogens (primary N) is 1. The molecule has 0 amide bonds. The van der Waals surface area contributed by atoms with Gasteiger partial charge in [0.25, 0.3) is 0 Å². The van der Waals surface area contributed by atoms with Gasteiger partial charge in [-0.1, -0.05) is 6.92 Å². The predicted molar refractivity (Wildman–Crippen MR) is 60.2 cm³/mol. The number of hydrogen-bond acceptors (Lipinski definition) is 2. The highest BCUT2D eigenvalue weighted by molar-refractivity contribution is 9.10. The van der Waals surface area contributed by atoms with Crippen molar-refractivity contribution in [3.63, 3.8) is 0 Å². The quantitative estimate of drug-likeness (QED) is 0.651. The Kier molecular flexibility index (Phi) is 2.35. The lowest BCUT2D eigenvalue weighted by molar-refractivity contribution is 0.0961. The zero-order valence-electron chi connectivity index (χ0n) is 7.96. The van der Waals surface area contributed by atoms with Crippen molar-refractivity contribution in [3.8, 4) is 0 Å². The van der Waals surface area contributed by atoms with Crippen LogP contribution in [0.1, 0.15) is 23.7 Å². The number of hydrogen-bond donors (Lipinski definition) is 1. The molecule has 74 valence electrons. The van der Waals surface area contributed by atoms with E-state index in [1.54, 1.807) is 18.2 Å². The van der Waals surface area contributed by atoms with E-state index in [2.05, 4.69) is 22.9 Å². The fourth-order valence-electron chi connectivity index (χ4n) is 1.62. The third-order valence-corrected chi connectivity index (χ3v) is 3.36. The summed E-state index contributed by atoms with van der Waals surface area (Å²) < 4.78 is 0.807. The van der Waals surface area contributed by atoms with Crippen LogP contribution in [0.3, 0.4) is 0 Å². The van der Waals surface area contributed by atoms with E-state index in [-0.39, 0.29) is 11.7 Å². The Morgan fingerprint density at radius 2 is 2.21 bits per heavy atom. The van der Waals surface area contributed by atoms with E-state index in [1.165, 1.54) is 0 Å². The molecule has 0 heterocycles. The van der Waals surface area contributed by atoms with E-state index >= 15 is 0 Å². The van der Waals surface area contributed by atoms with Crippen molar-refractivity contribution >= 4 is 27.4 Å². The Morgan fingerprint density at radius 3 is 2.71 bits per heavy atom.